The third kappa shape index (κ3) is 2.37. The zero-order chi connectivity index (χ0) is 10.8. The maximum atomic E-state index is 12.8. The van der Waals surface area contributed by atoms with E-state index in [4.69, 9.17) is 0 Å². The van der Waals surface area contributed by atoms with Gasteiger partial charge in [0, 0.05) is 12.1 Å². The summed E-state index contributed by atoms with van der Waals surface area (Å²) >= 11 is 0. The number of benzene rings is 1. The average Bonchev–Trinajstić information content (AvgIpc) is 2.68. The summed E-state index contributed by atoms with van der Waals surface area (Å²) in [6, 6.07) is 7.88. The Labute approximate surface area is 90.7 Å². The number of rotatable bonds is 2. The van der Waals surface area contributed by atoms with Gasteiger partial charge in [-0.1, -0.05) is 26.0 Å². The summed E-state index contributed by atoms with van der Waals surface area (Å²) in [6.45, 7) is 4.48. The molecule has 0 aliphatic carbocycles. The highest BCUT2D eigenvalue weighted by atomic mass is 19.1. The van der Waals surface area contributed by atoms with Crippen LogP contribution >= 0.6 is 0 Å². The SMILES string of the molecule is CC(C)[C@@H]1CC[C@H](c2ccc(F)cc2)N1. The maximum Gasteiger partial charge on any atom is 0.123 e. The van der Waals surface area contributed by atoms with Gasteiger partial charge in [-0.2, -0.15) is 0 Å². The molecule has 0 bridgehead atoms. The van der Waals surface area contributed by atoms with Gasteiger partial charge in [-0.15, -0.1) is 0 Å². The smallest absolute Gasteiger partial charge is 0.123 e. The molecule has 1 N–H and O–H groups in total. The van der Waals surface area contributed by atoms with E-state index in [9.17, 15) is 4.39 Å². The number of halogens is 1. The summed E-state index contributed by atoms with van der Waals surface area (Å²) < 4.78 is 12.8. The van der Waals surface area contributed by atoms with Crippen LogP contribution in [0.4, 0.5) is 4.39 Å². The molecular weight excluding hydrogens is 189 g/mol. The summed E-state index contributed by atoms with van der Waals surface area (Å²) in [5.41, 5.74) is 1.21. The van der Waals surface area contributed by atoms with Crippen molar-refractivity contribution >= 4 is 0 Å². The van der Waals surface area contributed by atoms with Gasteiger partial charge < -0.3 is 5.32 Å². The van der Waals surface area contributed by atoms with Crippen LogP contribution in [0.1, 0.15) is 38.3 Å². The van der Waals surface area contributed by atoms with Crippen molar-refractivity contribution in [2.45, 2.75) is 38.8 Å². The summed E-state index contributed by atoms with van der Waals surface area (Å²) in [6.07, 6.45) is 2.38. The van der Waals surface area contributed by atoms with E-state index in [0.29, 0.717) is 18.0 Å². The van der Waals surface area contributed by atoms with E-state index >= 15 is 0 Å². The molecule has 15 heavy (non-hydrogen) atoms. The number of hydrogen-bond donors (Lipinski definition) is 1. The Morgan fingerprint density at radius 1 is 1.20 bits per heavy atom. The van der Waals surface area contributed by atoms with Crippen molar-refractivity contribution in [3.63, 3.8) is 0 Å². The second-order valence-corrected chi connectivity index (χ2v) is 4.70. The van der Waals surface area contributed by atoms with Crippen LogP contribution in [-0.4, -0.2) is 6.04 Å². The van der Waals surface area contributed by atoms with Crippen LogP contribution in [0.2, 0.25) is 0 Å². The molecule has 1 aromatic carbocycles. The number of hydrogen-bond acceptors (Lipinski definition) is 1. The van der Waals surface area contributed by atoms with Crippen LogP contribution in [0.5, 0.6) is 0 Å². The second-order valence-electron chi connectivity index (χ2n) is 4.70. The summed E-state index contributed by atoms with van der Waals surface area (Å²) in [4.78, 5) is 0. The molecule has 0 unspecified atom stereocenters. The fourth-order valence-electron chi connectivity index (χ4n) is 2.26. The van der Waals surface area contributed by atoms with Crippen molar-refractivity contribution in [3.05, 3.63) is 35.6 Å². The van der Waals surface area contributed by atoms with Crippen molar-refractivity contribution in [3.8, 4) is 0 Å². The van der Waals surface area contributed by atoms with Gasteiger partial charge in [0.05, 0.1) is 0 Å². The lowest BCUT2D eigenvalue weighted by Crippen LogP contribution is -2.28. The van der Waals surface area contributed by atoms with Crippen LogP contribution in [0.3, 0.4) is 0 Å². The van der Waals surface area contributed by atoms with E-state index in [-0.39, 0.29) is 5.82 Å². The van der Waals surface area contributed by atoms with E-state index < -0.39 is 0 Å². The fraction of sp³-hybridized carbons (Fsp3) is 0.538. The number of nitrogens with one attached hydrogen (secondary N) is 1. The molecule has 1 saturated heterocycles. The van der Waals surface area contributed by atoms with Crippen molar-refractivity contribution in [1.82, 2.24) is 5.32 Å². The van der Waals surface area contributed by atoms with E-state index in [1.807, 2.05) is 12.1 Å². The lowest BCUT2D eigenvalue weighted by molar-refractivity contribution is 0.432. The molecule has 0 amide bonds. The molecule has 2 rings (SSSR count). The Morgan fingerprint density at radius 2 is 1.87 bits per heavy atom. The molecule has 2 atom stereocenters. The summed E-state index contributed by atoms with van der Waals surface area (Å²) in [7, 11) is 0. The molecule has 0 spiro atoms. The second kappa shape index (κ2) is 4.31. The minimum atomic E-state index is -0.155. The van der Waals surface area contributed by atoms with Crippen LogP contribution in [-0.2, 0) is 0 Å². The zero-order valence-corrected chi connectivity index (χ0v) is 9.33. The Kier molecular flexibility index (Phi) is 3.06. The van der Waals surface area contributed by atoms with Crippen LogP contribution in [0.25, 0.3) is 0 Å². The van der Waals surface area contributed by atoms with Gasteiger partial charge in [0.1, 0.15) is 5.82 Å². The predicted octanol–water partition coefficient (Wildman–Crippen LogP) is 3.27. The fourth-order valence-corrected chi connectivity index (χ4v) is 2.26. The van der Waals surface area contributed by atoms with Crippen molar-refractivity contribution in [2.24, 2.45) is 5.92 Å². The van der Waals surface area contributed by atoms with Gasteiger partial charge in [-0.05, 0) is 36.5 Å². The van der Waals surface area contributed by atoms with Crippen LogP contribution in [0.15, 0.2) is 24.3 Å². The molecule has 1 aliphatic rings. The van der Waals surface area contributed by atoms with Crippen molar-refractivity contribution < 1.29 is 4.39 Å². The molecule has 1 fully saturated rings. The summed E-state index contributed by atoms with van der Waals surface area (Å²) in [5, 5.41) is 3.60. The first kappa shape index (κ1) is 10.6. The lowest BCUT2D eigenvalue weighted by atomic mass is 10.0. The largest absolute Gasteiger partial charge is 0.307 e. The molecule has 1 aromatic rings. The van der Waals surface area contributed by atoms with E-state index in [2.05, 4.69) is 19.2 Å². The minimum absolute atomic E-state index is 0.155. The monoisotopic (exact) mass is 207 g/mol. The van der Waals surface area contributed by atoms with E-state index in [1.165, 1.54) is 12.0 Å². The molecule has 0 radical (unpaired) electrons. The van der Waals surface area contributed by atoms with Gasteiger partial charge >= 0.3 is 0 Å². The van der Waals surface area contributed by atoms with E-state index in [1.54, 1.807) is 12.1 Å². The Morgan fingerprint density at radius 3 is 2.40 bits per heavy atom. The highest BCUT2D eigenvalue weighted by molar-refractivity contribution is 5.21. The third-order valence-electron chi connectivity index (χ3n) is 3.26. The van der Waals surface area contributed by atoms with Crippen molar-refractivity contribution in [2.75, 3.05) is 0 Å². The first-order chi connectivity index (χ1) is 7.16. The standard InChI is InChI=1S/C13H18FN/c1-9(2)12-7-8-13(15-12)10-3-5-11(14)6-4-10/h3-6,9,12-13,15H,7-8H2,1-2H3/t12-,13+/m0/s1. The molecule has 82 valence electrons. The van der Waals surface area contributed by atoms with Gasteiger partial charge in [0.25, 0.3) is 0 Å². The molecule has 0 saturated carbocycles. The van der Waals surface area contributed by atoms with Gasteiger partial charge in [0.15, 0.2) is 0 Å². The van der Waals surface area contributed by atoms with Gasteiger partial charge in [-0.25, -0.2) is 4.39 Å². The van der Waals surface area contributed by atoms with Crippen LogP contribution in [0, 0.1) is 11.7 Å². The van der Waals surface area contributed by atoms with Gasteiger partial charge in [-0.3, -0.25) is 0 Å². The minimum Gasteiger partial charge on any atom is -0.307 e. The average molecular weight is 207 g/mol. The normalized spacial score (nSPS) is 26.1. The highest BCUT2D eigenvalue weighted by Crippen LogP contribution is 2.29. The van der Waals surface area contributed by atoms with Gasteiger partial charge in [0.2, 0.25) is 0 Å². The topological polar surface area (TPSA) is 12.0 Å². The Hall–Kier alpha value is -0.890. The van der Waals surface area contributed by atoms with Crippen LogP contribution < -0.4 is 5.32 Å². The highest BCUT2D eigenvalue weighted by Gasteiger charge is 2.26. The maximum absolute atomic E-state index is 12.8. The Balaban J connectivity index is 2.04. The molecule has 1 heterocycles. The Bertz CT molecular complexity index is 318. The summed E-state index contributed by atoms with van der Waals surface area (Å²) in [5.74, 6) is 0.521. The zero-order valence-electron chi connectivity index (χ0n) is 9.33. The molecule has 1 nitrogen and oxygen atoms in total. The molecule has 1 aliphatic heterocycles. The molecule has 2 heteroatoms. The lowest BCUT2D eigenvalue weighted by Gasteiger charge is -2.17. The predicted molar refractivity (Wildman–Crippen MR) is 60.1 cm³/mol. The first-order valence-corrected chi connectivity index (χ1v) is 5.68. The van der Waals surface area contributed by atoms with E-state index in [0.717, 1.165) is 6.42 Å². The van der Waals surface area contributed by atoms with Crippen molar-refractivity contribution in [1.29, 1.82) is 0 Å². The molecule has 0 aromatic heterocycles. The third-order valence-corrected chi connectivity index (χ3v) is 3.26. The first-order valence-electron chi connectivity index (χ1n) is 5.68. The molecular formula is C13H18FN. The quantitative estimate of drug-likeness (QED) is 0.784.